The van der Waals surface area contributed by atoms with Gasteiger partial charge < -0.3 is 15.2 Å². The lowest BCUT2D eigenvalue weighted by Crippen LogP contribution is -2.31. The van der Waals surface area contributed by atoms with Crippen LogP contribution in [0.3, 0.4) is 0 Å². The maximum Gasteiger partial charge on any atom is 0.119 e. The van der Waals surface area contributed by atoms with Gasteiger partial charge in [0, 0.05) is 6.61 Å². The van der Waals surface area contributed by atoms with Crippen molar-refractivity contribution >= 4 is 10.8 Å². The average Bonchev–Trinajstić information content (AvgIpc) is 2.54. The minimum absolute atomic E-state index is 0.0400. The smallest absolute Gasteiger partial charge is 0.119 e. The molecule has 2 aromatic rings. The van der Waals surface area contributed by atoms with Gasteiger partial charge in [-0.15, -0.1) is 0 Å². The first-order valence-corrected chi connectivity index (χ1v) is 7.23. The van der Waals surface area contributed by atoms with E-state index in [1.165, 1.54) is 17.2 Å². The van der Waals surface area contributed by atoms with E-state index in [1.807, 2.05) is 12.1 Å². The molecule has 0 aliphatic carbocycles. The third kappa shape index (κ3) is 2.65. The molecule has 0 amide bonds. The summed E-state index contributed by atoms with van der Waals surface area (Å²) in [7, 11) is 1.69. The molecular formula is C17H21NO2. The molecule has 1 saturated heterocycles. The van der Waals surface area contributed by atoms with Gasteiger partial charge in [-0.1, -0.05) is 18.2 Å². The van der Waals surface area contributed by atoms with Crippen LogP contribution in [0, 0.1) is 0 Å². The summed E-state index contributed by atoms with van der Waals surface area (Å²) >= 11 is 0. The van der Waals surface area contributed by atoms with Crippen molar-refractivity contribution in [3.8, 4) is 5.75 Å². The predicted molar refractivity (Wildman–Crippen MR) is 81.0 cm³/mol. The van der Waals surface area contributed by atoms with E-state index in [1.54, 1.807) is 7.11 Å². The molecule has 1 aliphatic heterocycles. The molecule has 2 aromatic carbocycles. The van der Waals surface area contributed by atoms with Crippen molar-refractivity contribution in [2.24, 2.45) is 5.73 Å². The summed E-state index contributed by atoms with van der Waals surface area (Å²) in [5.74, 6) is 0.880. The summed E-state index contributed by atoms with van der Waals surface area (Å²) in [6, 6.07) is 12.4. The van der Waals surface area contributed by atoms with Crippen LogP contribution in [0.25, 0.3) is 10.8 Å². The van der Waals surface area contributed by atoms with Gasteiger partial charge in [-0.05, 0) is 53.8 Å². The Hall–Kier alpha value is -1.58. The van der Waals surface area contributed by atoms with Gasteiger partial charge in [0.05, 0.1) is 19.3 Å². The maximum atomic E-state index is 6.37. The summed E-state index contributed by atoms with van der Waals surface area (Å²) in [5, 5.41) is 2.36. The van der Waals surface area contributed by atoms with Crippen LogP contribution in [0.4, 0.5) is 0 Å². The Balaban J connectivity index is 1.88. The van der Waals surface area contributed by atoms with Gasteiger partial charge in [-0.3, -0.25) is 0 Å². The van der Waals surface area contributed by atoms with Crippen LogP contribution in [0.15, 0.2) is 36.4 Å². The van der Waals surface area contributed by atoms with Crippen molar-refractivity contribution in [1.29, 1.82) is 0 Å². The van der Waals surface area contributed by atoms with Gasteiger partial charge in [-0.2, -0.15) is 0 Å². The van der Waals surface area contributed by atoms with Crippen molar-refractivity contribution in [3.05, 3.63) is 42.0 Å². The SMILES string of the molecule is COc1ccc2cc(C(N)C3CCCCO3)ccc2c1. The number of hydrogen-bond donors (Lipinski definition) is 1. The Kier molecular flexibility index (Phi) is 3.90. The number of nitrogens with two attached hydrogens (primary N) is 1. The quantitative estimate of drug-likeness (QED) is 0.930. The van der Waals surface area contributed by atoms with Crippen molar-refractivity contribution < 1.29 is 9.47 Å². The zero-order valence-electron chi connectivity index (χ0n) is 11.8. The van der Waals surface area contributed by atoms with E-state index < -0.39 is 0 Å². The monoisotopic (exact) mass is 271 g/mol. The highest BCUT2D eigenvalue weighted by Crippen LogP contribution is 2.28. The summed E-state index contributed by atoms with van der Waals surface area (Å²) < 4.78 is 11.0. The van der Waals surface area contributed by atoms with Crippen LogP contribution in [0.1, 0.15) is 30.9 Å². The summed E-state index contributed by atoms with van der Waals surface area (Å²) in [4.78, 5) is 0. The van der Waals surface area contributed by atoms with Crippen molar-refractivity contribution in [1.82, 2.24) is 0 Å². The molecule has 3 heteroatoms. The van der Waals surface area contributed by atoms with Crippen molar-refractivity contribution in [2.75, 3.05) is 13.7 Å². The van der Waals surface area contributed by atoms with E-state index in [4.69, 9.17) is 15.2 Å². The highest BCUT2D eigenvalue weighted by atomic mass is 16.5. The fraction of sp³-hybridized carbons (Fsp3) is 0.412. The van der Waals surface area contributed by atoms with Gasteiger partial charge in [0.1, 0.15) is 5.75 Å². The summed E-state index contributed by atoms with van der Waals surface area (Å²) in [6.07, 6.45) is 3.57. The Labute approximate surface area is 119 Å². The lowest BCUT2D eigenvalue weighted by molar-refractivity contribution is 0.0000373. The first kappa shape index (κ1) is 13.4. The third-order valence-corrected chi connectivity index (χ3v) is 4.07. The van der Waals surface area contributed by atoms with Crippen molar-refractivity contribution in [2.45, 2.75) is 31.4 Å². The second kappa shape index (κ2) is 5.81. The molecule has 0 aromatic heterocycles. The Morgan fingerprint density at radius 3 is 2.70 bits per heavy atom. The van der Waals surface area contributed by atoms with Crippen molar-refractivity contribution in [3.63, 3.8) is 0 Å². The molecule has 1 fully saturated rings. The molecule has 20 heavy (non-hydrogen) atoms. The van der Waals surface area contributed by atoms with E-state index in [0.717, 1.165) is 30.8 Å². The number of benzene rings is 2. The highest BCUT2D eigenvalue weighted by molar-refractivity contribution is 5.84. The number of methoxy groups -OCH3 is 1. The van der Waals surface area contributed by atoms with Gasteiger partial charge in [0.15, 0.2) is 0 Å². The van der Waals surface area contributed by atoms with Gasteiger partial charge in [0.25, 0.3) is 0 Å². The normalized spacial score (nSPS) is 20.8. The van der Waals surface area contributed by atoms with Crippen LogP contribution < -0.4 is 10.5 Å². The first-order valence-electron chi connectivity index (χ1n) is 7.23. The lowest BCUT2D eigenvalue weighted by Gasteiger charge is -2.28. The number of fused-ring (bicyclic) bond motifs is 1. The molecule has 2 N–H and O–H groups in total. The summed E-state index contributed by atoms with van der Waals surface area (Å²) in [6.45, 7) is 0.836. The second-order valence-electron chi connectivity index (χ2n) is 5.40. The predicted octanol–water partition coefficient (Wildman–Crippen LogP) is 3.42. The number of rotatable bonds is 3. The van der Waals surface area contributed by atoms with E-state index in [0.29, 0.717) is 0 Å². The molecule has 2 unspecified atom stereocenters. The Morgan fingerprint density at radius 1 is 1.15 bits per heavy atom. The van der Waals surface area contributed by atoms with E-state index in [9.17, 15) is 0 Å². The van der Waals surface area contributed by atoms with Crippen LogP contribution in [-0.4, -0.2) is 19.8 Å². The van der Waals surface area contributed by atoms with E-state index >= 15 is 0 Å². The van der Waals surface area contributed by atoms with Crippen LogP contribution in [0.5, 0.6) is 5.75 Å². The van der Waals surface area contributed by atoms with Gasteiger partial charge in [0.2, 0.25) is 0 Å². The molecule has 106 valence electrons. The molecule has 3 rings (SSSR count). The van der Waals surface area contributed by atoms with Gasteiger partial charge >= 0.3 is 0 Å². The molecule has 1 heterocycles. The van der Waals surface area contributed by atoms with E-state index in [-0.39, 0.29) is 12.1 Å². The molecule has 1 aliphatic rings. The first-order chi connectivity index (χ1) is 9.78. The highest BCUT2D eigenvalue weighted by Gasteiger charge is 2.22. The Bertz CT molecular complexity index is 591. The average molecular weight is 271 g/mol. The van der Waals surface area contributed by atoms with Crippen LogP contribution in [0.2, 0.25) is 0 Å². The van der Waals surface area contributed by atoms with Crippen LogP contribution in [-0.2, 0) is 4.74 Å². The third-order valence-electron chi connectivity index (χ3n) is 4.07. The molecule has 0 bridgehead atoms. The molecule has 3 nitrogen and oxygen atoms in total. The molecule has 2 atom stereocenters. The topological polar surface area (TPSA) is 44.5 Å². The van der Waals surface area contributed by atoms with E-state index in [2.05, 4.69) is 24.3 Å². The lowest BCUT2D eigenvalue weighted by atomic mass is 9.95. The Morgan fingerprint density at radius 2 is 1.95 bits per heavy atom. The van der Waals surface area contributed by atoms with Gasteiger partial charge in [-0.25, -0.2) is 0 Å². The fourth-order valence-electron chi connectivity index (χ4n) is 2.84. The molecule has 0 saturated carbocycles. The number of hydrogen-bond acceptors (Lipinski definition) is 3. The summed E-state index contributed by atoms with van der Waals surface area (Å²) in [5.41, 5.74) is 7.51. The largest absolute Gasteiger partial charge is 0.497 e. The van der Waals surface area contributed by atoms with Crippen LogP contribution >= 0.6 is 0 Å². The minimum atomic E-state index is -0.0400. The zero-order chi connectivity index (χ0) is 13.9. The molecule has 0 spiro atoms. The number of ether oxygens (including phenoxy) is 2. The minimum Gasteiger partial charge on any atom is -0.497 e. The standard InChI is InChI=1S/C17H21NO2/c1-19-15-8-7-12-10-14(6-5-13(12)11-15)17(18)16-4-2-3-9-20-16/h5-8,10-11,16-17H,2-4,9,18H2,1H3. The maximum absolute atomic E-state index is 6.37. The molecular weight excluding hydrogens is 250 g/mol. The zero-order valence-corrected chi connectivity index (χ0v) is 11.8. The fourth-order valence-corrected chi connectivity index (χ4v) is 2.84. The second-order valence-corrected chi connectivity index (χ2v) is 5.40. The molecule has 0 radical (unpaired) electrons.